The second-order valence-corrected chi connectivity index (χ2v) is 3.33. The summed E-state index contributed by atoms with van der Waals surface area (Å²) in [7, 11) is 0. The first-order valence-electron chi connectivity index (χ1n) is 5.34. The lowest BCUT2D eigenvalue weighted by molar-refractivity contribution is -0.132. The number of hydrogen-bond donors (Lipinski definition) is 1. The normalized spacial score (nSPS) is 11.2. The number of hydrogen-bond acceptors (Lipinski definition) is 2. The molecule has 0 fully saturated rings. The van der Waals surface area contributed by atoms with Crippen molar-refractivity contribution in [3.63, 3.8) is 0 Å². The van der Waals surface area contributed by atoms with E-state index < -0.39 is 5.97 Å². The van der Waals surface area contributed by atoms with Gasteiger partial charge in [0.25, 0.3) is 0 Å². The number of carbonyl (C=O) groups is 1. The van der Waals surface area contributed by atoms with Crippen molar-refractivity contribution in [1.82, 2.24) is 0 Å². The van der Waals surface area contributed by atoms with E-state index in [1.54, 1.807) is 6.08 Å². The SMILES string of the molecule is CCOc1ccc(/C=C(\CC)C(=O)O)cc1. The third-order valence-corrected chi connectivity index (χ3v) is 2.19. The maximum atomic E-state index is 10.8. The maximum Gasteiger partial charge on any atom is 0.331 e. The van der Waals surface area contributed by atoms with Crippen LogP contribution >= 0.6 is 0 Å². The minimum Gasteiger partial charge on any atom is -0.494 e. The molecule has 0 unspecified atom stereocenters. The molecule has 0 heterocycles. The largest absolute Gasteiger partial charge is 0.494 e. The number of carboxylic acid groups (broad SMARTS) is 1. The van der Waals surface area contributed by atoms with Gasteiger partial charge in [0.15, 0.2) is 0 Å². The molecular formula is C13H16O3. The van der Waals surface area contributed by atoms with E-state index in [4.69, 9.17) is 9.84 Å². The summed E-state index contributed by atoms with van der Waals surface area (Å²) >= 11 is 0. The molecule has 0 saturated carbocycles. The molecule has 0 amide bonds. The Morgan fingerprint density at radius 2 is 1.94 bits per heavy atom. The van der Waals surface area contributed by atoms with Gasteiger partial charge in [-0.1, -0.05) is 19.1 Å². The first-order valence-corrected chi connectivity index (χ1v) is 5.34. The molecule has 0 aliphatic rings. The molecule has 16 heavy (non-hydrogen) atoms. The summed E-state index contributed by atoms with van der Waals surface area (Å²) in [6.45, 7) is 4.38. The number of ether oxygens (including phenoxy) is 1. The molecule has 0 aliphatic heterocycles. The van der Waals surface area contributed by atoms with E-state index in [-0.39, 0.29) is 0 Å². The van der Waals surface area contributed by atoms with Crippen molar-refractivity contribution >= 4 is 12.0 Å². The molecule has 1 aromatic rings. The summed E-state index contributed by atoms with van der Waals surface area (Å²) in [4.78, 5) is 10.8. The van der Waals surface area contributed by atoms with E-state index in [0.717, 1.165) is 11.3 Å². The molecule has 0 radical (unpaired) electrons. The number of benzene rings is 1. The van der Waals surface area contributed by atoms with Crippen molar-refractivity contribution in [2.24, 2.45) is 0 Å². The molecule has 1 aromatic carbocycles. The second kappa shape index (κ2) is 5.95. The Bertz CT molecular complexity index is 377. The molecule has 86 valence electrons. The summed E-state index contributed by atoms with van der Waals surface area (Å²) in [5.41, 5.74) is 1.28. The van der Waals surface area contributed by atoms with Gasteiger partial charge in [-0.15, -0.1) is 0 Å². The fourth-order valence-corrected chi connectivity index (χ4v) is 1.34. The maximum absolute atomic E-state index is 10.8. The molecule has 1 N–H and O–H groups in total. The first kappa shape index (κ1) is 12.3. The van der Waals surface area contributed by atoms with Crippen molar-refractivity contribution in [2.75, 3.05) is 6.61 Å². The highest BCUT2D eigenvalue weighted by atomic mass is 16.5. The Hall–Kier alpha value is -1.77. The summed E-state index contributed by atoms with van der Waals surface area (Å²) < 4.78 is 5.30. The average molecular weight is 220 g/mol. The second-order valence-electron chi connectivity index (χ2n) is 3.33. The van der Waals surface area contributed by atoms with Crippen LogP contribution in [0.5, 0.6) is 5.75 Å². The van der Waals surface area contributed by atoms with E-state index in [0.29, 0.717) is 18.6 Å². The van der Waals surface area contributed by atoms with Crippen LogP contribution in [0.15, 0.2) is 29.8 Å². The van der Waals surface area contributed by atoms with Gasteiger partial charge < -0.3 is 9.84 Å². The molecule has 1 rings (SSSR count). The summed E-state index contributed by atoms with van der Waals surface area (Å²) in [6, 6.07) is 7.38. The van der Waals surface area contributed by atoms with Crippen molar-refractivity contribution in [2.45, 2.75) is 20.3 Å². The van der Waals surface area contributed by atoms with Crippen LogP contribution in [0, 0.1) is 0 Å². The fourth-order valence-electron chi connectivity index (χ4n) is 1.34. The molecular weight excluding hydrogens is 204 g/mol. The Balaban J connectivity index is 2.85. The third kappa shape index (κ3) is 3.42. The quantitative estimate of drug-likeness (QED) is 0.776. The minimum atomic E-state index is -0.864. The fraction of sp³-hybridized carbons (Fsp3) is 0.308. The van der Waals surface area contributed by atoms with E-state index in [2.05, 4.69) is 0 Å². The van der Waals surface area contributed by atoms with Gasteiger partial charge in [-0.2, -0.15) is 0 Å². The zero-order valence-electron chi connectivity index (χ0n) is 9.56. The van der Waals surface area contributed by atoms with Crippen molar-refractivity contribution in [1.29, 1.82) is 0 Å². The van der Waals surface area contributed by atoms with Gasteiger partial charge in [-0.3, -0.25) is 0 Å². The van der Waals surface area contributed by atoms with Gasteiger partial charge in [0, 0.05) is 5.57 Å². The summed E-state index contributed by atoms with van der Waals surface area (Å²) in [6.07, 6.45) is 2.20. The third-order valence-electron chi connectivity index (χ3n) is 2.19. The Morgan fingerprint density at radius 3 is 2.38 bits per heavy atom. The van der Waals surface area contributed by atoms with Crippen LogP contribution in [0.2, 0.25) is 0 Å². The lowest BCUT2D eigenvalue weighted by Gasteiger charge is -2.03. The summed E-state index contributed by atoms with van der Waals surface area (Å²) in [5.74, 6) is -0.0654. The lowest BCUT2D eigenvalue weighted by Crippen LogP contribution is -1.98. The van der Waals surface area contributed by atoms with E-state index >= 15 is 0 Å². The predicted octanol–water partition coefficient (Wildman–Crippen LogP) is 2.96. The Morgan fingerprint density at radius 1 is 1.31 bits per heavy atom. The molecule has 0 atom stereocenters. The van der Waals surface area contributed by atoms with Gasteiger partial charge in [0.2, 0.25) is 0 Å². The van der Waals surface area contributed by atoms with Gasteiger partial charge >= 0.3 is 5.97 Å². The molecule has 0 aliphatic carbocycles. The lowest BCUT2D eigenvalue weighted by atomic mass is 10.1. The zero-order valence-corrected chi connectivity index (χ0v) is 9.56. The standard InChI is InChI=1S/C13H16O3/c1-3-11(13(14)15)9-10-5-7-12(8-6-10)16-4-2/h5-9H,3-4H2,1-2H3,(H,14,15)/b11-9+. The summed E-state index contributed by atoms with van der Waals surface area (Å²) in [5, 5.41) is 8.88. The Kier molecular flexibility index (Phi) is 4.58. The molecule has 0 aromatic heterocycles. The monoisotopic (exact) mass is 220 g/mol. The van der Waals surface area contributed by atoms with Gasteiger partial charge in [0.1, 0.15) is 5.75 Å². The smallest absolute Gasteiger partial charge is 0.331 e. The molecule has 0 bridgehead atoms. The zero-order chi connectivity index (χ0) is 12.0. The first-order chi connectivity index (χ1) is 7.67. The topological polar surface area (TPSA) is 46.5 Å². The number of aliphatic carboxylic acids is 1. The highest BCUT2D eigenvalue weighted by molar-refractivity contribution is 5.92. The number of carboxylic acids is 1. The van der Waals surface area contributed by atoms with Crippen LogP contribution < -0.4 is 4.74 Å². The highest BCUT2D eigenvalue weighted by Crippen LogP contribution is 2.15. The van der Waals surface area contributed by atoms with Gasteiger partial charge in [0.05, 0.1) is 6.61 Å². The molecule has 0 spiro atoms. The highest BCUT2D eigenvalue weighted by Gasteiger charge is 2.03. The Labute approximate surface area is 95.4 Å². The van der Waals surface area contributed by atoms with Crippen LogP contribution in [0.4, 0.5) is 0 Å². The van der Waals surface area contributed by atoms with E-state index in [1.807, 2.05) is 38.1 Å². The average Bonchev–Trinajstić information content (AvgIpc) is 2.28. The van der Waals surface area contributed by atoms with Gasteiger partial charge in [-0.05, 0) is 37.1 Å². The number of rotatable bonds is 5. The van der Waals surface area contributed by atoms with Crippen LogP contribution in [-0.4, -0.2) is 17.7 Å². The van der Waals surface area contributed by atoms with Crippen molar-refractivity contribution in [3.05, 3.63) is 35.4 Å². The molecule has 3 heteroatoms. The van der Waals surface area contributed by atoms with Gasteiger partial charge in [-0.25, -0.2) is 4.79 Å². The minimum absolute atomic E-state index is 0.407. The van der Waals surface area contributed by atoms with Crippen LogP contribution in [0.1, 0.15) is 25.8 Å². The molecule has 3 nitrogen and oxygen atoms in total. The van der Waals surface area contributed by atoms with Crippen LogP contribution in [0.3, 0.4) is 0 Å². The molecule has 0 saturated heterocycles. The van der Waals surface area contributed by atoms with Crippen molar-refractivity contribution in [3.8, 4) is 5.75 Å². The van der Waals surface area contributed by atoms with E-state index in [9.17, 15) is 4.79 Å². The van der Waals surface area contributed by atoms with Crippen LogP contribution in [0.25, 0.3) is 6.08 Å². The van der Waals surface area contributed by atoms with Crippen molar-refractivity contribution < 1.29 is 14.6 Å². The predicted molar refractivity (Wildman–Crippen MR) is 63.5 cm³/mol. The van der Waals surface area contributed by atoms with Crippen LogP contribution in [-0.2, 0) is 4.79 Å². The van der Waals surface area contributed by atoms with E-state index in [1.165, 1.54) is 0 Å².